The van der Waals surface area contributed by atoms with E-state index in [1.165, 1.54) is 0 Å². The number of nitrogens with zero attached hydrogens (tertiary/aromatic N) is 1. The van der Waals surface area contributed by atoms with Crippen LogP contribution in [0.1, 0.15) is 16.7 Å². The highest BCUT2D eigenvalue weighted by atomic mass is 32.2. The maximum Gasteiger partial charge on any atom is 0.252 e. The van der Waals surface area contributed by atoms with Gasteiger partial charge in [-0.3, -0.25) is 0 Å². The molecule has 0 amide bonds. The summed E-state index contributed by atoms with van der Waals surface area (Å²) in [7, 11) is -2.83. The van der Waals surface area contributed by atoms with Crippen molar-refractivity contribution in [1.29, 1.82) is 0 Å². The first-order valence-electron chi connectivity index (χ1n) is 5.69. The third-order valence-corrected chi connectivity index (χ3v) is 5.14. The molecule has 4 nitrogen and oxygen atoms in total. The van der Waals surface area contributed by atoms with Crippen LogP contribution in [-0.2, 0) is 10.0 Å². The van der Waals surface area contributed by atoms with Gasteiger partial charge in [-0.05, 0) is 37.5 Å². The van der Waals surface area contributed by atoms with Crippen LogP contribution in [0.2, 0.25) is 0 Å². The molecule has 2 N–H and O–H groups in total. The van der Waals surface area contributed by atoms with Gasteiger partial charge in [0, 0.05) is 12.7 Å². The molecule has 0 aliphatic rings. The number of anilines is 1. The molecule has 19 heavy (non-hydrogen) atoms. The van der Waals surface area contributed by atoms with Gasteiger partial charge in [0.2, 0.25) is 10.0 Å². The van der Waals surface area contributed by atoms with E-state index in [2.05, 4.69) is 0 Å². The van der Waals surface area contributed by atoms with Crippen molar-refractivity contribution in [3.05, 3.63) is 22.8 Å². The molecule has 7 heteroatoms. The Labute approximate surface area is 112 Å². The van der Waals surface area contributed by atoms with Gasteiger partial charge < -0.3 is 5.73 Å². The Hall–Kier alpha value is -1.21. The highest BCUT2D eigenvalue weighted by Gasteiger charge is 2.28. The van der Waals surface area contributed by atoms with E-state index in [9.17, 15) is 17.2 Å². The summed E-state index contributed by atoms with van der Waals surface area (Å²) in [5.41, 5.74) is 7.86. The molecule has 108 valence electrons. The van der Waals surface area contributed by atoms with Crippen LogP contribution in [0.4, 0.5) is 14.5 Å². The van der Waals surface area contributed by atoms with Gasteiger partial charge in [-0.25, -0.2) is 17.2 Å². The third-order valence-electron chi connectivity index (χ3n) is 3.02. The second kappa shape index (κ2) is 5.42. The van der Waals surface area contributed by atoms with E-state index in [-0.39, 0.29) is 4.90 Å². The van der Waals surface area contributed by atoms with E-state index >= 15 is 0 Å². The SMILES string of the molecule is Cc1cc(C)c(S(=O)(=O)N(C)CC(F)F)c(C)c1N. The fraction of sp³-hybridized carbons (Fsp3) is 0.500. The molecule has 0 aromatic heterocycles. The summed E-state index contributed by atoms with van der Waals surface area (Å²) in [6.45, 7) is 4.14. The standard InChI is InChI=1S/C12H18F2N2O2S/c1-7-5-8(2)12(9(3)11(7)15)19(17,18)16(4)6-10(13)14/h5,10H,6,15H2,1-4H3. The van der Waals surface area contributed by atoms with Crippen LogP contribution in [-0.4, -0.2) is 32.7 Å². The van der Waals surface area contributed by atoms with E-state index in [1.807, 2.05) is 0 Å². The fourth-order valence-electron chi connectivity index (χ4n) is 2.03. The first-order valence-corrected chi connectivity index (χ1v) is 7.13. The Kier molecular flexibility index (Phi) is 4.52. The lowest BCUT2D eigenvalue weighted by Crippen LogP contribution is -2.32. The fourth-order valence-corrected chi connectivity index (χ4v) is 3.61. The minimum Gasteiger partial charge on any atom is -0.398 e. The minimum absolute atomic E-state index is 0.0127. The second-order valence-corrected chi connectivity index (χ2v) is 6.54. The molecular weight excluding hydrogens is 274 g/mol. The largest absolute Gasteiger partial charge is 0.398 e. The molecular formula is C12H18F2N2O2S. The topological polar surface area (TPSA) is 63.4 Å². The van der Waals surface area contributed by atoms with Crippen molar-refractivity contribution in [3.8, 4) is 0 Å². The molecule has 0 atom stereocenters. The summed E-state index contributed by atoms with van der Waals surface area (Å²) in [6.07, 6.45) is -2.72. The smallest absolute Gasteiger partial charge is 0.252 e. The van der Waals surface area contributed by atoms with Gasteiger partial charge in [-0.1, -0.05) is 6.07 Å². The minimum atomic E-state index is -3.96. The first kappa shape index (κ1) is 15.8. The van der Waals surface area contributed by atoms with Crippen LogP contribution in [0.15, 0.2) is 11.0 Å². The normalized spacial score (nSPS) is 12.4. The molecule has 0 fully saturated rings. The number of hydrogen-bond donors (Lipinski definition) is 1. The lowest BCUT2D eigenvalue weighted by Gasteiger charge is -2.21. The van der Waals surface area contributed by atoms with Crippen molar-refractivity contribution >= 4 is 15.7 Å². The van der Waals surface area contributed by atoms with Gasteiger partial charge in [0.25, 0.3) is 6.43 Å². The predicted molar refractivity (Wildman–Crippen MR) is 70.9 cm³/mol. The monoisotopic (exact) mass is 292 g/mol. The van der Waals surface area contributed by atoms with Crippen LogP contribution >= 0.6 is 0 Å². The third kappa shape index (κ3) is 3.03. The van der Waals surface area contributed by atoms with Gasteiger partial charge in [-0.15, -0.1) is 0 Å². The zero-order valence-corrected chi connectivity index (χ0v) is 12.2. The number of hydrogen-bond acceptors (Lipinski definition) is 3. The van der Waals surface area contributed by atoms with Crippen LogP contribution in [0.25, 0.3) is 0 Å². The number of nitrogen functional groups attached to an aromatic ring is 1. The van der Waals surface area contributed by atoms with Crippen molar-refractivity contribution in [2.24, 2.45) is 0 Å². The zero-order valence-electron chi connectivity index (χ0n) is 11.4. The summed E-state index contributed by atoms with van der Waals surface area (Å²) in [5, 5.41) is 0. The first-order chi connectivity index (χ1) is 8.59. The van der Waals surface area contributed by atoms with Gasteiger partial charge in [-0.2, -0.15) is 4.31 Å². The van der Waals surface area contributed by atoms with E-state index < -0.39 is 23.0 Å². The van der Waals surface area contributed by atoms with Gasteiger partial charge in [0.05, 0.1) is 11.4 Å². The number of aryl methyl sites for hydroxylation is 2. The molecule has 1 aromatic carbocycles. The van der Waals surface area contributed by atoms with Crippen molar-refractivity contribution in [2.45, 2.75) is 32.1 Å². The number of sulfonamides is 1. The Balaban J connectivity index is 3.42. The van der Waals surface area contributed by atoms with Crippen molar-refractivity contribution < 1.29 is 17.2 Å². The van der Waals surface area contributed by atoms with Gasteiger partial charge in [0.15, 0.2) is 0 Å². The molecule has 1 rings (SSSR count). The highest BCUT2D eigenvalue weighted by Crippen LogP contribution is 2.29. The summed E-state index contributed by atoms with van der Waals surface area (Å²) in [5.74, 6) is 0. The Morgan fingerprint density at radius 3 is 2.26 bits per heavy atom. The van der Waals surface area contributed by atoms with Crippen LogP contribution < -0.4 is 5.73 Å². The van der Waals surface area contributed by atoms with Crippen molar-refractivity contribution in [2.75, 3.05) is 19.3 Å². The molecule has 0 heterocycles. The molecule has 0 unspecified atom stereocenters. The molecule has 0 bridgehead atoms. The van der Waals surface area contributed by atoms with E-state index in [4.69, 9.17) is 5.73 Å². The summed E-state index contributed by atoms with van der Waals surface area (Å²) in [4.78, 5) is 0.0127. The number of halogens is 2. The van der Waals surface area contributed by atoms with E-state index in [0.717, 1.165) is 12.6 Å². The second-order valence-electron chi connectivity index (χ2n) is 4.55. The summed E-state index contributed by atoms with van der Waals surface area (Å²) >= 11 is 0. The number of rotatable bonds is 4. The van der Waals surface area contributed by atoms with Crippen molar-refractivity contribution in [3.63, 3.8) is 0 Å². The molecule has 1 aromatic rings. The number of benzene rings is 1. The summed E-state index contributed by atoms with van der Waals surface area (Å²) in [6, 6.07) is 1.64. The van der Waals surface area contributed by atoms with Crippen LogP contribution in [0.3, 0.4) is 0 Å². The van der Waals surface area contributed by atoms with Crippen LogP contribution in [0, 0.1) is 20.8 Å². The molecule has 0 spiro atoms. The van der Waals surface area contributed by atoms with Crippen LogP contribution in [0.5, 0.6) is 0 Å². The average molecular weight is 292 g/mol. The number of nitrogens with two attached hydrogens (primary N) is 1. The van der Waals surface area contributed by atoms with Crippen molar-refractivity contribution in [1.82, 2.24) is 4.31 Å². The van der Waals surface area contributed by atoms with Gasteiger partial charge >= 0.3 is 0 Å². The summed E-state index contributed by atoms with van der Waals surface area (Å²) < 4.78 is 50.0. The average Bonchev–Trinajstić information content (AvgIpc) is 2.24. The lowest BCUT2D eigenvalue weighted by molar-refractivity contribution is 0.126. The maximum absolute atomic E-state index is 12.3. The predicted octanol–water partition coefficient (Wildman–Crippen LogP) is 2.08. The van der Waals surface area contributed by atoms with Gasteiger partial charge in [0.1, 0.15) is 0 Å². The number of alkyl halides is 2. The molecule has 0 radical (unpaired) electrons. The molecule has 0 aliphatic heterocycles. The Morgan fingerprint density at radius 2 is 1.79 bits per heavy atom. The molecule has 0 aliphatic carbocycles. The lowest BCUT2D eigenvalue weighted by atomic mass is 10.1. The quantitative estimate of drug-likeness (QED) is 0.864. The Bertz CT molecular complexity index is 586. The zero-order chi connectivity index (χ0) is 15.0. The van der Waals surface area contributed by atoms with E-state index in [1.54, 1.807) is 26.8 Å². The maximum atomic E-state index is 12.3. The Morgan fingerprint density at radius 1 is 1.26 bits per heavy atom. The molecule has 0 saturated carbocycles. The van der Waals surface area contributed by atoms with E-state index in [0.29, 0.717) is 21.1 Å². The molecule has 0 saturated heterocycles. The highest BCUT2D eigenvalue weighted by molar-refractivity contribution is 7.89.